The van der Waals surface area contributed by atoms with Crippen molar-refractivity contribution in [1.82, 2.24) is 9.97 Å². The quantitative estimate of drug-likeness (QED) is 0.429. The van der Waals surface area contributed by atoms with Crippen molar-refractivity contribution in [2.45, 2.75) is 71.1 Å². The lowest BCUT2D eigenvalue weighted by Gasteiger charge is -2.04. The molecule has 0 fully saturated rings. The summed E-state index contributed by atoms with van der Waals surface area (Å²) >= 11 is 0. The van der Waals surface area contributed by atoms with Crippen LogP contribution in [-0.2, 0) is 6.42 Å². The van der Waals surface area contributed by atoms with Gasteiger partial charge < -0.3 is 5.11 Å². The number of unbranched alkanes of at least 4 members (excludes halogenated alkanes) is 8. The smallest absolute Gasteiger partial charge is 0.335 e. The molecule has 4 nitrogen and oxygen atoms in total. The Morgan fingerprint density at radius 1 is 0.852 bits per heavy atom. The standard InChI is InChI=1S/C22H30N2O2.ClH/c1-2-3-4-5-6-7-8-9-10-11-18-16-23-21(24-17-18)19-12-14-20(15-13-19)22(25)26;/h12-17H,2-11H2,1H3,(H,25,26);1H. The van der Waals surface area contributed by atoms with Crippen molar-refractivity contribution in [3.63, 3.8) is 0 Å². The lowest BCUT2D eigenvalue weighted by molar-refractivity contribution is 0.0697. The van der Waals surface area contributed by atoms with Gasteiger partial charge in [0.1, 0.15) is 0 Å². The molecule has 0 amide bonds. The molecular formula is C22H31ClN2O2. The van der Waals surface area contributed by atoms with Gasteiger partial charge in [0.15, 0.2) is 5.82 Å². The van der Waals surface area contributed by atoms with Gasteiger partial charge in [-0.2, -0.15) is 0 Å². The molecule has 1 aromatic heterocycles. The van der Waals surface area contributed by atoms with Crippen LogP contribution in [0.3, 0.4) is 0 Å². The fourth-order valence-corrected chi connectivity index (χ4v) is 3.03. The van der Waals surface area contributed by atoms with Crippen LogP contribution in [0.15, 0.2) is 36.7 Å². The molecule has 148 valence electrons. The summed E-state index contributed by atoms with van der Waals surface area (Å²) in [7, 11) is 0. The van der Waals surface area contributed by atoms with E-state index in [4.69, 9.17) is 5.11 Å². The van der Waals surface area contributed by atoms with Gasteiger partial charge in [0.2, 0.25) is 0 Å². The van der Waals surface area contributed by atoms with Gasteiger partial charge in [0, 0.05) is 18.0 Å². The van der Waals surface area contributed by atoms with Crippen molar-refractivity contribution in [1.29, 1.82) is 0 Å². The van der Waals surface area contributed by atoms with E-state index in [1.807, 2.05) is 12.4 Å². The van der Waals surface area contributed by atoms with Crippen LogP contribution in [0.2, 0.25) is 0 Å². The molecular weight excluding hydrogens is 360 g/mol. The van der Waals surface area contributed by atoms with Crippen LogP contribution in [0.25, 0.3) is 11.4 Å². The lowest BCUT2D eigenvalue weighted by Crippen LogP contribution is -1.96. The number of benzene rings is 1. The van der Waals surface area contributed by atoms with E-state index in [1.54, 1.807) is 24.3 Å². The zero-order valence-corrected chi connectivity index (χ0v) is 17.0. The van der Waals surface area contributed by atoms with E-state index in [9.17, 15) is 4.79 Å². The zero-order valence-electron chi connectivity index (χ0n) is 16.2. The predicted octanol–water partition coefficient (Wildman–Crippen LogP) is 6.34. The van der Waals surface area contributed by atoms with Crippen molar-refractivity contribution in [2.24, 2.45) is 0 Å². The number of halogens is 1. The largest absolute Gasteiger partial charge is 0.478 e. The Labute approximate surface area is 168 Å². The first-order valence-electron chi connectivity index (χ1n) is 9.85. The maximum atomic E-state index is 10.9. The number of aromatic carboxylic acids is 1. The van der Waals surface area contributed by atoms with Gasteiger partial charge in [-0.05, 0) is 30.5 Å². The zero-order chi connectivity index (χ0) is 18.6. The van der Waals surface area contributed by atoms with Gasteiger partial charge in [-0.1, -0.05) is 70.4 Å². The number of nitrogens with zero attached hydrogens (tertiary/aromatic N) is 2. The predicted molar refractivity (Wildman–Crippen MR) is 113 cm³/mol. The Kier molecular flexibility index (Phi) is 11.3. The second-order valence-electron chi connectivity index (χ2n) is 6.88. The van der Waals surface area contributed by atoms with Crippen molar-refractivity contribution in [3.8, 4) is 11.4 Å². The van der Waals surface area contributed by atoms with Crippen LogP contribution in [-0.4, -0.2) is 21.0 Å². The minimum absolute atomic E-state index is 0. The van der Waals surface area contributed by atoms with Gasteiger partial charge in [-0.3, -0.25) is 0 Å². The molecule has 1 aromatic carbocycles. The molecule has 0 saturated heterocycles. The van der Waals surface area contributed by atoms with Gasteiger partial charge in [0.25, 0.3) is 0 Å². The molecule has 5 heteroatoms. The Morgan fingerprint density at radius 3 is 1.89 bits per heavy atom. The Hall–Kier alpha value is -1.94. The fraction of sp³-hybridized carbons (Fsp3) is 0.500. The molecule has 27 heavy (non-hydrogen) atoms. The van der Waals surface area contributed by atoms with Crippen LogP contribution in [0.1, 0.15) is 80.6 Å². The molecule has 0 bridgehead atoms. The van der Waals surface area contributed by atoms with E-state index in [2.05, 4.69) is 16.9 Å². The molecule has 1 N–H and O–H groups in total. The summed E-state index contributed by atoms with van der Waals surface area (Å²) in [4.78, 5) is 19.7. The number of rotatable bonds is 12. The minimum Gasteiger partial charge on any atom is -0.478 e. The summed E-state index contributed by atoms with van der Waals surface area (Å²) in [5.41, 5.74) is 2.28. The number of hydrogen-bond donors (Lipinski definition) is 1. The van der Waals surface area contributed by atoms with Gasteiger partial charge >= 0.3 is 5.97 Å². The number of carboxylic acid groups (broad SMARTS) is 1. The summed E-state index contributed by atoms with van der Waals surface area (Å²) < 4.78 is 0. The summed E-state index contributed by atoms with van der Waals surface area (Å²) in [6, 6.07) is 6.66. The van der Waals surface area contributed by atoms with Gasteiger partial charge in [-0.25, -0.2) is 14.8 Å². The van der Waals surface area contributed by atoms with Crippen LogP contribution >= 0.6 is 12.4 Å². The average molecular weight is 391 g/mol. The minimum atomic E-state index is -0.922. The summed E-state index contributed by atoms with van der Waals surface area (Å²) in [6.45, 7) is 2.26. The topological polar surface area (TPSA) is 63.1 Å². The molecule has 0 atom stereocenters. The molecule has 0 spiro atoms. The van der Waals surface area contributed by atoms with Crippen LogP contribution in [0.4, 0.5) is 0 Å². The van der Waals surface area contributed by atoms with Crippen molar-refractivity contribution < 1.29 is 9.90 Å². The average Bonchev–Trinajstić information content (AvgIpc) is 2.67. The summed E-state index contributed by atoms with van der Waals surface area (Å²) in [6.07, 6.45) is 16.8. The monoisotopic (exact) mass is 390 g/mol. The highest BCUT2D eigenvalue weighted by molar-refractivity contribution is 5.88. The highest BCUT2D eigenvalue weighted by Crippen LogP contribution is 2.16. The third kappa shape index (κ3) is 8.53. The Morgan fingerprint density at radius 2 is 1.37 bits per heavy atom. The first kappa shape index (κ1) is 23.1. The van der Waals surface area contributed by atoms with Crippen LogP contribution in [0, 0.1) is 0 Å². The molecule has 1 heterocycles. The molecule has 2 rings (SSSR count). The maximum Gasteiger partial charge on any atom is 0.335 e. The molecule has 2 aromatic rings. The molecule has 0 radical (unpaired) electrons. The van der Waals surface area contributed by atoms with Crippen LogP contribution < -0.4 is 0 Å². The number of carboxylic acids is 1. The molecule has 0 unspecified atom stereocenters. The maximum absolute atomic E-state index is 10.9. The Bertz CT molecular complexity index is 657. The van der Waals surface area contributed by atoms with Crippen LogP contribution in [0.5, 0.6) is 0 Å². The number of aryl methyl sites for hydroxylation is 1. The van der Waals surface area contributed by atoms with E-state index >= 15 is 0 Å². The SMILES string of the molecule is CCCCCCCCCCCc1cnc(-c2ccc(C(=O)O)cc2)nc1.Cl. The van der Waals surface area contributed by atoms with Crippen molar-refractivity contribution >= 4 is 18.4 Å². The fourth-order valence-electron chi connectivity index (χ4n) is 3.03. The second-order valence-corrected chi connectivity index (χ2v) is 6.88. The normalized spacial score (nSPS) is 10.4. The van der Waals surface area contributed by atoms with E-state index in [0.29, 0.717) is 5.82 Å². The number of carbonyl (C=O) groups is 1. The van der Waals surface area contributed by atoms with E-state index in [0.717, 1.165) is 12.0 Å². The summed E-state index contributed by atoms with van der Waals surface area (Å²) in [5.74, 6) is -0.286. The van der Waals surface area contributed by atoms with E-state index in [1.165, 1.54) is 63.4 Å². The molecule has 0 aliphatic carbocycles. The third-order valence-corrected chi connectivity index (χ3v) is 4.66. The van der Waals surface area contributed by atoms with E-state index < -0.39 is 5.97 Å². The molecule has 0 saturated carbocycles. The highest BCUT2D eigenvalue weighted by Gasteiger charge is 2.05. The van der Waals surface area contributed by atoms with Crippen molar-refractivity contribution in [3.05, 3.63) is 47.8 Å². The first-order valence-corrected chi connectivity index (χ1v) is 9.85. The van der Waals surface area contributed by atoms with E-state index in [-0.39, 0.29) is 18.0 Å². The number of aromatic nitrogens is 2. The Balaban J connectivity index is 0.00000364. The first-order chi connectivity index (χ1) is 12.7. The van der Waals surface area contributed by atoms with Crippen molar-refractivity contribution in [2.75, 3.05) is 0 Å². The lowest BCUT2D eigenvalue weighted by atomic mass is 10.1. The highest BCUT2D eigenvalue weighted by atomic mass is 35.5. The third-order valence-electron chi connectivity index (χ3n) is 4.66. The molecule has 0 aliphatic heterocycles. The molecule has 0 aliphatic rings. The number of hydrogen-bond acceptors (Lipinski definition) is 3. The van der Waals surface area contributed by atoms with Gasteiger partial charge in [0.05, 0.1) is 5.56 Å². The second kappa shape index (κ2) is 13.3. The van der Waals surface area contributed by atoms with Gasteiger partial charge in [-0.15, -0.1) is 12.4 Å². The summed E-state index contributed by atoms with van der Waals surface area (Å²) in [5, 5.41) is 8.94.